The van der Waals surface area contributed by atoms with Crippen molar-refractivity contribution in [3.05, 3.63) is 52.9 Å². The van der Waals surface area contributed by atoms with E-state index in [1.54, 1.807) is 6.92 Å². The Hall–Kier alpha value is -1.85. The number of hydrogen-bond acceptors (Lipinski definition) is 4. The van der Waals surface area contributed by atoms with Gasteiger partial charge in [-0.2, -0.15) is 0 Å². The van der Waals surface area contributed by atoms with Crippen molar-refractivity contribution >= 4 is 18.3 Å². The van der Waals surface area contributed by atoms with Crippen molar-refractivity contribution in [1.29, 1.82) is 0 Å². The molecule has 0 radical (unpaired) electrons. The molecule has 0 saturated carbocycles. The Balaban J connectivity index is 0.00000264. The minimum atomic E-state index is -1.07. The normalized spacial score (nSPS) is 13.0. The van der Waals surface area contributed by atoms with Gasteiger partial charge in [0.2, 0.25) is 5.91 Å². The molecule has 2 aromatic rings. The average molecular weight is 338 g/mol. The molecule has 0 aliphatic carbocycles. The number of carbonyl (C=O) groups is 1. The van der Waals surface area contributed by atoms with Crippen LogP contribution in [0.5, 0.6) is 0 Å². The number of rotatable bonds is 6. The van der Waals surface area contributed by atoms with Crippen molar-refractivity contribution in [2.45, 2.75) is 45.7 Å². The zero-order chi connectivity index (χ0) is 16.2. The summed E-state index contributed by atoms with van der Waals surface area (Å²) in [5.74, 6) is 0.597. The second-order valence-electron chi connectivity index (χ2n) is 5.49. The Labute approximate surface area is 143 Å². The van der Waals surface area contributed by atoms with E-state index in [9.17, 15) is 4.79 Å². The van der Waals surface area contributed by atoms with Crippen LogP contribution < -0.4 is 11.1 Å². The van der Waals surface area contributed by atoms with Crippen molar-refractivity contribution in [1.82, 2.24) is 10.5 Å². The number of nitrogens with zero attached hydrogens (tertiary/aromatic N) is 1. The smallest absolute Gasteiger partial charge is 0.244 e. The van der Waals surface area contributed by atoms with E-state index in [0.717, 1.165) is 35.4 Å². The largest absolute Gasteiger partial charge is 0.361 e. The van der Waals surface area contributed by atoms with Crippen molar-refractivity contribution in [3.63, 3.8) is 0 Å². The molecule has 1 atom stereocenters. The molecule has 5 nitrogen and oxygen atoms in total. The lowest BCUT2D eigenvalue weighted by Crippen LogP contribution is -2.48. The maximum absolute atomic E-state index is 12.5. The number of hydrogen-bond donors (Lipinski definition) is 2. The molecule has 1 unspecified atom stereocenters. The zero-order valence-electron chi connectivity index (χ0n) is 13.8. The van der Waals surface area contributed by atoms with Crippen LogP contribution in [0.1, 0.15) is 43.4 Å². The first-order valence-corrected chi connectivity index (χ1v) is 7.59. The summed E-state index contributed by atoms with van der Waals surface area (Å²) in [6.45, 7) is 6.11. The van der Waals surface area contributed by atoms with Gasteiger partial charge in [0.05, 0.1) is 5.69 Å². The third-order valence-corrected chi connectivity index (χ3v) is 3.88. The second kappa shape index (κ2) is 8.13. The number of aryl methyl sites for hydroxylation is 2. The van der Waals surface area contributed by atoms with Crippen LogP contribution in [-0.2, 0) is 29.7 Å². The average Bonchev–Trinajstić information content (AvgIpc) is 2.95. The molecule has 0 spiro atoms. The fraction of sp³-hybridized carbons (Fsp3) is 0.412. The van der Waals surface area contributed by atoms with E-state index >= 15 is 0 Å². The fourth-order valence-corrected chi connectivity index (χ4v) is 2.41. The number of aromatic nitrogens is 1. The Morgan fingerprint density at radius 1 is 1.26 bits per heavy atom. The molecule has 0 saturated heterocycles. The SMILES string of the molecule is CCc1noc(CC)c1CNC(=O)C(C)(N)c1ccccc1.Cl. The van der Waals surface area contributed by atoms with E-state index < -0.39 is 5.54 Å². The lowest BCUT2D eigenvalue weighted by Gasteiger charge is -2.24. The lowest BCUT2D eigenvalue weighted by atomic mass is 9.92. The maximum atomic E-state index is 12.5. The molecule has 1 aromatic carbocycles. The van der Waals surface area contributed by atoms with Crippen LogP contribution in [-0.4, -0.2) is 11.1 Å². The van der Waals surface area contributed by atoms with Crippen molar-refractivity contribution in [2.24, 2.45) is 5.73 Å². The van der Waals surface area contributed by atoms with Crippen LogP contribution in [0.15, 0.2) is 34.9 Å². The Bertz CT molecular complexity index is 617. The first-order valence-electron chi connectivity index (χ1n) is 7.59. The summed E-state index contributed by atoms with van der Waals surface area (Å²) in [4.78, 5) is 12.5. The number of nitrogens with one attached hydrogen (secondary N) is 1. The van der Waals surface area contributed by atoms with Gasteiger partial charge < -0.3 is 15.6 Å². The van der Waals surface area contributed by atoms with Crippen LogP contribution in [0.4, 0.5) is 0 Å². The van der Waals surface area contributed by atoms with Crippen molar-refractivity contribution < 1.29 is 9.32 Å². The van der Waals surface area contributed by atoms with Gasteiger partial charge in [-0.3, -0.25) is 4.79 Å². The van der Waals surface area contributed by atoms with Crippen LogP contribution >= 0.6 is 12.4 Å². The van der Waals surface area contributed by atoms with E-state index in [0.29, 0.717) is 6.54 Å². The van der Waals surface area contributed by atoms with Gasteiger partial charge in [0, 0.05) is 18.5 Å². The Morgan fingerprint density at radius 3 is 2.48 bits per heavy atom. The number of carbonyl (C=O) groups excluding carboxylic acids is 1. The molecule has 1 heterocycles. The third-order valence-electron chi connectivity index (χ3n) is 3.88. The summed E-state index contributed by atoms with van der Waals surface area (Å²) in [7, 11) is 0. The molecular weight excluding hydrogens is 314 g/mol. The van der Waals surface area contributed by atoms with E-state index in [-0.39, 0.29) is 18.3 Å². The Morgan fingerprint density at radius 2 is 1.91 bits per heavy atom. The highest BCUT2D eigenvalue weighted by Gasteiger charge is 2.30. The highest BCUT2D eigenvalue weighted by Crippen LogP contribution is 2.19. The molecule has 3 N–H and O–H groups in total. The molecule has 6 heteroatoms. The highest BCUT2D eigenvalue weighted by molar-refractivity contribution is 5.87. The van der Waals surface area contributed by atoms with Gasteiger partial charge in [0.25, 0.3) is 0 Å². The summed E-state index contributed by atoms with van der Waals surface area (Å²) in [6, 6.07) is 9.35. The summed E-state index contributed by atoms with van der Waals surface area (Å²) >= 11 is 0. The van der Waals surface area contributed by atoms with E-state index in [2.05, 4.69) is 10.5 Å². The molecule has 23 heavy (non-hydrogen) atoms. The fourth-order valence-electron chi connectivity index (χ4n) is 2.41. The van der Waals surface area contributed by atoms with E-state index in [1.807, 2.05) is 44.2 Å². The number of halogens is 1. The molecule has 2 rings (SSSR count). The maximum Gasteiger partial charge on any atom is 0.244 e. The lowest BCUT2D eigenvalue weighted by molar-refractivity contribution is -0.126. The minimum absolute atomic E-state index is 0. The Kier molecular flexibility index (Phi) is 6.79. The van der Waals surface area contributed by atoms with Gasteiger partial charge in [-0.15, -0.1) is 12.4 Å². The van der Waals surface area contributed by atoms with Gasteiger partial charge in [0.15, 0.2) is 0 Å². The number of nitrogens with two attached hydrogens (primary N) is 1. The molecule has 0 fully saturated rings. The van der Waals surface area contributed by atoms with Gasteiger partial charge in [-0.1, -0.05) is 49.3 Å². The molecule has 126 valence electrons. The summed E-state index contributed by atoms with van der Waals surface area (Å²) in [5.41, 5.74) is 7.77. The van der Waals surface area contributed by atoms with E-state index in [1.165, 1.54) is 0 Å². The van der Waals surface area contributed by atoms with Crippen LogP contribution in [0.25, 0.3) is 0 Å². The molecule has 0 aliphatic heterocycles. The van der Waals surface area contributed by atoms with Crippen LogP contribution in [0.3, 0.4) is 0 Å². The summed E-state index contributed by atoms with van der Waals surface area (Å²) in [5, 5.41) is 6.96. The van der Waals surface area contributed by atoms with Crippen LogP contribution in [0, 0.1) is 0 Å². The molecular formula is C17H24ClN3O2. The van der Waals surface area contributed by atoms with Crippen molar-refractivity contribution in [2.75, 3.05) is 0 Å². The summed E-state index contributed by atoms with van der Waals surface area (Å²) in [6.07, 6.45) is 1.52. The quantitative estimate of drug-likeness (QED) is 0.849. The van der Waals surface area contributed by atoms with Gasteiger partial charge in [0.1, 0.15) is 11.3 Å². The number of benzene rings is 1. The zero-order valence-corrected chi connectivity index (χ0v) is 14.6. The predicted octanol–water partition coefficient (Wildman–Crippen LogP) is 2.71. The predicted molar refractivity (Wildman–Crippen MR) is 92.3 cm³/mol. The third kappa shape index (κ3) is 4.12. The molecule has 0 bridgehead atoms. The van der Waals surface area contributed by atoms with Crippen molar-refractivity contribution in [3.8, 4) is 0 Å². The topological polar surface area (TPSA) is 81.2 Å². The van der Waals surface area contributed by atoms with Gasteiger partial charge >= 0.3 is 0 Å². The van der Waals surface area contributed by atoms with E-state index in [4.69, 9.17) is 10.3 Å². The van der Waals surface area contributed by atoms with Gasteiger partial charge in [-0.25, -0.2) is 0 Å². The highest BCUT2D eigenvalue weighted by atomic mass is 35.5. The summed E-state index contributed by atoms with van der Waals surface area (Å²) < 4.78 is 5.31. The monoisotopic (exact) mass is 337 g/mol. The molecule has 0 aliphatic rings. The number of amides is 1. The molecule has 1 amide bonds. The first kappa shape index (κ1) is 19.2. The standard InChI is InChI=1S/C17H23N3O2.ClH/c1-4-14-13(15(5-2)22-20-14)11-19-16(21)17(3,18)12-9-7-6-8-10-12;/h6-10H,4-5,11,18H2,1-3H3,(H,19,21);1H. The minimum Gasteiger partial charge on any atom is -0.361 e. The van der Waals surface area contributed by atoms with Crippen LogP contribution in [0.2, 0.25) is 0 Å². The van der Waals surface area contributed by atoms with Gasteiger partial charge in [-0.05, 0) is 18.9 Å². The second-order valence-corrected chi connectivity index (χ2v) is 5.49. The molecule has 1 aromatic heterocycles. The first-order chi connectivity index (χ1) is 10.5.